The summed E-state index contributed by atoms with van der Waals surface area (Å²) >= 11 is 0. The maximum Gasteiger partial charge on any atom is 0.337 e. The average Bonchev–Trinajstić information content (AvgIpc) is 2.46. The van der Waals surface area contributed by atoms with E-state index in [9.17, 15) is 9.90 Å². The van der Waals surface area contributed by atoms with E-state index < -0.39 is 12.1 Å². The van der Waals surface area contributed by atoms with Crippen LogP contribution in [0.25, 0.3) is 0 Å². The molecule has 1 aliphatic heterocycles. The first-order chi connectivity index (χ1) is 9.56. The summed E-state index contributed by atoms with van der Waals surface area (Å²) in [6.45, 7) is 5.46. The van der Waals surface area contributed by atoms with Gasteiger partial charge < -0.3 is 20.0 Å². The number of benzene rings is 1. The van der Waals surface area contributed by atoms with Crippen molar-refractivity contribution in [2.24, 2.45) is 0 Å². The van der Waals surface area contributed by atoms with Crippen LogP contribution in [-0.4, -0.2) is 65.8 Å². The number of likely N-dealkylation sites (N-methyl/N-ethyl adjacent to an activating group) is 1. The molecule has 1 aliphatic rings. The molecule has 1 saturated heterocycles. The molecule has 2 rings (SSSR count). The van der Waals surface area contributed by atoms with Crippen LogP contribution in [0.3, 0.4) is 0 Å². The Kier molecular flexibility index (Phi) is 5.11. The van der Waals surface area contributed by atoms with Gasteiger partial charge in [0.15, 0.2) is 6.10 Å². The summed E-state index contributed by atoms with van der Waals surface area (Å²) in [5, 5.41) is 18.2. The first-order valence-electron chi connectivity index (χ1n) is 6.97. The second-order valence-electron chi connectivity index (χ2n) is 5.38. The summed E-state index contributed by atoms with van der Waals surface area (Å²) in [4.78, 5) is 15.5. The van der Waals surface area contributed by atoms with Crippen LogP contribution in [0.4, 0.5) is 0 Å². The van der Waals surface area contributed by atoms with Crippen LogP contribution in [0.5, 0.6) is 0 Å². The smallest absolute Gasteiger partial charge is 0.337 e. The van der Waals surface area contributed by atoms with Crippen molar-refractivity contribution in [2.75, 3.05) is 39.8 Å². The highest BCUT2D eigenvalue weighted by Gasteiger charge is 2.16. The Balaban J connectivity index is 1.83. The molecule has 0 bridgehead atoms. The van der Waals surface area contributed by atoms with Gasteiger partial charge in [-0.05, 0) is 24.6 Å². The Morgan fingerprint density at radius 2 is 1.80 bits per heavy atom. The summed E-state index contributed by atoms with van der Waals surface area (Å²) in [7, 11) is 2.14. The standard InChI is InChI=1S/C15H22N2O3/c1-16-8-10-17(11-9-16)7-6-12-2-4-13(5-3-12)14(18)15(19)20/h2-5,14,18H,6-11H2,1H3,(H,19,20). The van der Waals surface area contributed by atoms with Gasteiger partial charge in [-0.25, -0.2) is 4.79 Å². The molecule has 0 aromatic heterocycles. The number of nitrogens with zero attached hydrogens (tertiary/aromatic N) is 2. The van der Waals surface area contributed by atoms with Crippen LogP contribution < -0.4 is 0 Å². The monoisotopic (exact) mass is 278 g/mol. The number of piperazine rings is 1. The third kappa shape index (κ3) is 4.03. The summed E-state index contributed by atoms with van der Waals surface area (Å²) in [5.41, 5.74) is 1.60. The molecular formula is C15H22N2O3. The molecule has 0 radical (unpaired) electrons. The number of carbonyl (C=O) groups is 1. The molecule has 0 spiro atoms. The van der Waals surface area contributed by atoms with Crippen LogP contribution in [0.2, 0.25) is 0 Å². The molecule has 20 heavy (non-hydrogen) atoms. The number of carboxylic acids is 1. The minimum absolute atomic E-state index is 0.431. The lowest BCUT2D eigenvalue weighted by molar-refractivity contribution is -0.146. The fourth-order valence-corrected chi connectivity index (χ4v) is 2.37. The zero-order valence-electron chi connectivity index (χ0n) is 11.8. The molecule has 0 saturated carbocycles. The number of aliphatic carboxylic acids is 1. The van der Waals surface area contributed by atoms with E-state index >= 15 is 0 Å². The van der Waals surface area contributed by atoms with Crippen LogP contribution in [0.15, 0.2) is 24.3 Å². The maximum absolute atomic E-state index is 10.7. The molecule has 5 nitrogen and oxygen atoms in total. The molecule has 1 fully saturated rings. The molecular weight excluding hydrogens is 256 g/mol. The van der Waals surface area contributed by atoms with E-state index in [4.69, 9.17) is 5.11 Å². The molecule has 1 heterocycles. The van der Waals surface area contributed by atoms with Crippen molar-refractivity contribution in [3.8, 4) is 0 Å². The fourth-order valence-electron chi connectivity index (χ4n) is 2.37. The molecule has 2 N–H and O–H groups in total. The number of rotatable bonds is 5. The van der Waals surface area contributed by atoms with E-state index in [0.29, 0.717) is 5.56 Å². The van der Waals surface area contributed by atoms with Crippen molar-refractivity contribution >= 4 is 5.97 Å². The maximum atomic E-state index is 10.7. The molecule has 1 unspecified atom stereocenters. The minimum atomic E-state index is -1.43. The Morgan fingerprint density at radius 3 is 2.35 bits per heavy atom. The van der Waals surface area contributed by atoms with Gasteiger partial charge in [0.05, 0.1) is 0 Å². The second kappa shape index (κ2) is 6.83. The van der Waals surface area contributed by atoms with Gasteiger partial charge in [0.25, 0.3) is 0 Å². The van der Waals surface area contributed by atoms with Crippen LogP contribution >= 0.6 is 0 Å². The highest BCUT2D eigenvalue weighted by molar-refractivity contribution is 5.73. The van der Waals surface area contributed by atoms with Crippen molar-refractivity contribution < 1.29 is 15.0 Å². The third-order valence-corrected chi connectivity index (χ3v) is 3.84. The van der Waals surface area contributed by atoms with Gasteiger partial charge >= 0.3 is 5.97 Å². The molecule has 0 aliphatic carbocycles. The van der Waals surface area contributed by atoms with E-state index in [2.05, 4.69) is 16.8 Å². The predicted molar refractivity (Wildman–Crippen MR) is 76.7 cm³/mol. The van der Waals surface area contributed by atoms with E-state index in [1.165, 1.54) is 5.56 Å². The van der Waals surface area contributed by atoms with Gasteiger partial charge in [-0.2, -0.15) is 0 Å². The number of aliphatic hydroxyl groups is 1. The number of hydrogen-bond acceptors (Lipinski definition) is 4. The van der Waals surface area contributed by atoms with E-state index in [1.807, 2.05) is 12.1 Å². The molecule has 1 aromatic rings. The highest BCUT2D eigenvalue weighted by atomic mass is 16.4. The molecule has 1 aromatic carbocycles. The molecule has 1 atom stereocenters. The van der Waals surface area contributed by atoms with Crippen LogP contribution in [0, 0.1) is 0 Å². The summed E-state index contributed by atoms with van der Waals surface area (Å²) in [5.74, 6) is -1.21. The Hall–Kier alpha value is -1.43. The SMILES string of the molecule is CN1CCN(CCc2ccc(C(O)C(=O)O)cc2)CC1. The number of hydrogen-bond donors (Lipinski definition) is 2. The Labute approximate surface area is 119 Å². The summed E-state index contributed by atoms with van der Waals surface area (Å²) in [6, 6.07) is 7.19. The van der Waals surface area contributed by atoms with Crippen LogP contribution in [0.1, 0.15) is 17.2 Å². The van der Waals surface area contributed by atoms with Crippen molar-refractivity contribution in [1.82, 2.24) is 9.80 Å². The number of carboxylic acid groups (broad SMARTS) is 1. The first kappa shape index (κ1) is 15.0. The predicted octanol–water partition coefficient (Wildman–Crippen LogP) is 0.594. The Bertz CT molecular complexity index is 439. The molecule has 5 heteroatoms. The highest BCUT2D eigenvalue weighted by Crippen LogP contribution is 2.14. The van der Waals surface area contributed by atoms with Crippen molar-refractivity contribution in [1.29, 1.82) is 0 Å². The lowest BCUT2D eigenvalue weighted by atomic mass is 10.1. The zero-order valence-corrected chi connectivity index (χ0v) is 11.8. The number of aliphatic hydroxyl groups excluding tert-OH is 1. The van der Waals surface area contributed by atoms with Gasteiger partial charge in [0.2, 0.25) is 0 Å². The van der Waals surface area contributed by atoms with Crippen molar-refractivity contribution in [3.05, 3.63) is 35.4 Å². The average molecular weight is 278 g/mol. The van der Waals surface area contributed by atoms with Gasteiger partial charge in [0, 0.05) is 32.7 Å². The van der Waals surface area contributed by atoms with E-state index in [-0.39, 0.29) is 0 Å². The molecule has 110 valence electrons. The lowest BCUT2D eigenvalue weighted by Crippen LogP contribution is -2.45. The quantitative estimate of drug-likeness (QED) is 0.825. The van der Waals surface area contributed by atoms with Gasteiger partial charge in [-0.3, -0.25) is 0 Å². The third-order valence-electron chi connectivity index (χ3n) is 3.84. The topological polar surface area (TPSA) is 64.0 Å². The van der Waals surface area contributed by atoms with Gasteiger partial charge in [-0.15, -0.1) is 0 Å². The van der Waals surface area contributed by atoms with E-state index in [0.717, 1.165) is 39.1 Å². The van der Waals surface area contributed by atoms with E-state index in [1.54, 1.807) is 12.1 Å². The van der Waals surface area contributed by atoms with Crippen LogP contribution in [-0.2, 0) is 11.2 Å². The van der Waals surface area contributed by atoms with Gasteiger partial charge in [0.1, 0.15) is 0 Å². The summed E-state index contributed by atoms with van der Waals surface area (Å²) in [6.07, 6.45) is -0.477. The van der Waals surface area contributed by atoms with Gasteiger partial charge in [-0.1, -0.05) is 24.3 Å². The lowest BCUT2D eigenvalue weighted by Gasteiger charge is -2.32. The zero-order chi connectivity index (χ0) is 14.5. The Morgan fingerprint density at radius 1 is 1.20 bits per heavy atom. The largest absolute Gasteiger partial charge is 0.479 e. The fraction of sp³-hybridized carbons (Fsp3) is 0.533. The molecule has 0 amide bonds. The van der Waals surface area contributed by atoms with Crippen molar-refractivity contribution in [2.45, 2.75) is 12.5 Å². The first-order valence-corrected chi connectivity index (χ1v) is 6.97. The normalized spacial score (nSPS) is 18.9. The summed E-state index contributed by atoms with van der Waals surface area (Å²) < 4.78 is 0. The minimum Gasteiger partial charge on any atom is -0.479 e. The second-order valence-corrected chi connectivity index (χ2v) is 5.38. The van der Waals surface area contributed by atoms with Crippen molar-refractivity contribution in [3.63, 3.8) is 0 Å².